The van der Waals surface area contributed by atoms with Crippen LogP contribution in [0.2, 0.25) is 5.15 Å². The molecule has 0 unspecified atom stereocenters. The number of H-pyrrole nitrogens is 1. The molecule has 0 amide bonds. The van der Waals surface area contributed by atoms with Crippen molar-refractivity contribution in [2.24, 2.45) is 0 Å². The van der Waals surface area contributed by atoms with Gasteiger partial charge in [-0.05, 0) is 0 Å². The Morgan fingerprint density at radius 1 is 1.78 bits per heavy atom. The number of nitrogens with one attached hydrogen (secondary N) is 1. The molecule has 0 fully saturated rings. The number of rotatable bonds is 0. The van der Waals surface area contributed by atoms with E-state index in [0.29, 0.717) is 0 Å². The number of nitrogens with zero attached hydrogens (tertiary/aromatic N) is 1. The zero-order valence-electron chi connectivity index (χ0n) is 4.39. The van der Waals surface area contributed by atoms with Crippen molar-refractivity contribution in [3.63, 3.8) is 0 Å². The highest BCUT2D eigenvalue weighted by Gasteiger charge is 1.92. The van der Waals surface area contributed by atoms with E-state index in [-0.39, 0.29) is 11.0 Å². The van der Waals surface area contributed by atoms with Gasteiger partial charge in [0.25, 0.3) is 5.56 Å². The van der Waals surface area contributed by atoms with Crippen molar-refractivity contribution < 1.29 is 0 Å². The standard InChI is InChI=1S/C4H4ClN3O/c5-2-1-7-3(6)4(9)8-2/h1H,(H2,6,7)(H,8,9). The molecule has 1 aromatic rings. The number of aromatic amines is 1. The summed E-state index contributed by atoms with van der Waals surface area (Å²) in [6, 6.07) is 0. The molecule has 0 aliphatic rings. The van der Waals surface area contributed by atoms with Gasteiger partial charge in [0.05, 0.1) is 6.20 Å². The molecule has 0 saturated heterocycles. The number of nitrogens with two attached hydrogens (primary N) is 1. The van der Waals surface area contributed by atoms with Crippen molar-refractivity contribution >= 4 is 17.4 Å². The van der Waals surface area contributed by atoms with Gasteiger partial charge in [-0.2, -0.15) is 0 Å². The normalized spacial score (nSPS) is 9.44. The average molecular weight is 146 g/mol. The molecule has 1 heterocycles. The summed E-state index contributed by atoms with van der Waals surface area (Å²) < 4.78 is 0. The monoisotopic (exact) mass is 145 g/mol. The second kappa shape index (κ2) is 2.06. The molecule has 0 atom stereocenters. The quantitative estimate of drug-likeness (QED) is 0.540. The summed E-state index contributed by atoms with van der Waals surface area (Å²) in [4.78, 5) is 16.3. The lowest BCUT2D eigenvalue weighted by Crippen LogP contribution is -2.12. The smallest absolute Gasteiger partial charge is 0.291 e. The van der Waals surface area contributed by atoms with Gasteiger partial charge in [0.2, 0.25) is 0 Å². The zero-order chi connectivity index (χ0) is 6.85. The fraction of sp³-hybridized carbons (Fsp3) is 0. The molecule has 0 spiro atoms. The lowest BCUT2D eigenvalue weighted by Gasteiger charge is -1.88. The van der Waals surface area contributed by atoms with Crippen LogP contribution in [0.15, 0.2) is 11.0 Å². The summed E-state index contributed by atoms with van der Waals surface area (Å²) in [6.07, 6.45) is 1.28. The summed E-state index contributed by atoms with van der Waals surface area (Å²) in [5.41, 5.74) is 4.62. The summed E-state index contributed by atoms with van der Waals surface area (Å²) in [5.74, 6) is -0.0700. The van der Waals surface area contributed by atoms with Crippen molar-refractivity contribution in [1.29, 1.82) is 0 Å². The van der Waals surface area contributed by atoms with Gasteiger partial charge in [0.15, 0.2) is 5.82 Å². The first-order valence-electron chi connectivity index (χ1n) is 2.20. The van der Waals surface area contributed by atoms with E-state index >= 15 is 0 Å². The van der Waals surface area contributed by atoms with Gasteiger partial charge in [-0.25, -0.2) is 4.98 Å². The Hall–Kier alpha value is -1.03. The predicted octanol–water partition coefficient (Wildman–Crippen LogP) is 0.00550. The minimum absolute atomic E-state index is 0.0700. The Morgan fingerprint density at radius 3 is 2.89 bits per heavy atom. The van der Waals surface area contributed by atoms with E-state index in [0.717, 1.165) is 0 Å². The van der Waals surface area contributed by atoms with Gasteiger partial charge in [-0.15, -0.1) is 0 Å². The van der Waals surface area contributed by atoms with Crippen LogP contribution >= 0.6 is 11.6 Å². The molecule has 48 valence electrons. The molecule has 1 aromatic heterocycles. The molecule has 0 bridgehead atoms. The first-order valence-corrected chi connectivity index (χ1v) is 2.58. The minimum atomic E-state index is -0.456. The third kappa shape index (κ3) is 1.20. The molecule has 0 aromatic carbocycles. The van der Waals surface area contributed by atoms with E-state index in [9.17, 15) is 4.79 Å². The van der Waals surface area contributed by atoms with Gasteiger partial charge in [0, 0.05) is 0 Å². The van der Waals surface area contributed by atoms with Crippen LogP contribution in [0.4, 0.5) is 5.82 Å². The highest BCUT2D eigenvalue weighted by Crippen LogP contribution is 1.96. The van der Waals surface area contributed by atoms with Crippen LogP contribution in [-0.4, -0.2) is 9.97 Å². The first-order chi connectivity index (χ1) is 4.20. The third-order valence-electron chi connectivity index (χ3n) is 0.783. The molecule has 4 nitrogen and oxygen atoms in total. The first kappa shape index (κ1) is 6.10. The predicted molar refractivity (Wildman–Crippen MR) is 34.3 cm³/mol. The fourth-order valence-electron chi connectivity index (χ4n) is 0.390. The fourth-order valence-corrected chi connectivity index (χ4v) is 0.524. The molecular weight excluding hydrogens is 142 g/mol. The van der Waals surface area contributed by atoms with Crippen molar-refractivity contribution in [1.82, 2.24) is 9.97 Å². The maximum Gasteiger partial charge on any atom is 0.291 e. The molecule has 3 N–H and O–H groups in total. The highest BCUT2D eigenvalue weighted by atomic mass is 35.5. The van der Waals surface area contributed by atoms with Crippen molar-refractivity contribution in [2.45, 2.75) is 0 Å². The lowest BCUT2D eigenvalue weighted by atomic mass is 10.7. The number of hydrogen-bond acceptors (Lipinski definition) is 3. The van der Waals surface area contributed by atoms with Crippen molar-refractivity contribution in [3.8, 4) is 0 Å². The summed E-state index contributed by atoms with van der Waals surface area (Å²) in [6.45, 7) is 0. The number of nitrogen functional groups attached to an aromatic ring is 1. The van der Waals surface area contributed by atoms with Crippen LogP contribution in [0.5, 0.6) is 0 Å². The second-order valence-electron chi connectivity index (χ2n) is 1.45. The van der Waals surface area contributed by atoms with Crippen LogP contribution < -0.4 is 11.3 Å². The third-order valence-corrected chi connectivity index (χ3v) is 0.975. The molecule has 5 heteroatoms. The van der Waals surface area contributed by atoms with Gasteiger partial charge in [-0.1, -0.05) is 11.6 Å². The largest absolute Gasteiger partial charge is 0.379 e. The SMILES string of the molecule is Nc1ncc(Cl)[nH]c1=O. The summed E-state index contributed by atoms with van der Waals surface area (Å²) >= 11 is 5.34. The van der Waals surface area contributed by atoms with Crippen molar-refractivity contribution in [3.05, 3.63) is 21.7 Å². The van der Waals surface area contributed by atoms with Crippen LogP contribution in [-0.2, 0) is 0 Å². The Bertz CT molecular complexity index is 269. The highest BCUT2D eigenvalue weighted by molar-refractivity contribution is 6.29. The Morgan fingerprint density at radius 2 is 2.44 bits per heavy atom. The summed E-state index contributed by atoms with van der Waals surface area (Å²) in [5, 5.41) is 0.189. The van der Waals surface area contributed by atoms with E-state index in [1.54, 1.807) is 0 Å². The number of hydrogen-bond donors (Lipinski definition) is 2. The average Bonchev–Trinajstić information content (AvgIpc) is 1.80. The van der Waals surface area contributed by atoms with Crippen LogP contribution in [0.1, 0.15) is 0 Å². The molecular formula is C4H4ClN3O. The molecule has 0 radical (unpaired) electrons. The van der Waals surface area contributed by atoms with Gasteiger partial charge < -0.3 is 10.7 Å². The van der Waals surface area contributed by atoms with Crippen LogP contribution in [0.25, 0.3) is 0 Å². The van der Waals surface area contributed by atoms with Gasteiger partial charge >= 0.3 is 0 Å². The van der Waals surface area contributed by atoms with Crippen LogP contribution in [0, 0.1) is 0 Å². The van der Waals surface area contributed by atoms with Crippen LogP contribution in [0.3, 0.4) is 0 Å². The molecule has 0 saturated carbocycles. The number of anilines is 1. The number of halogens is 1. The Kier molecular flexibility index (Phi) is 1.40. The lowest BCUT2D eigenvalue weighted by molar-refractivity contribution is 1.15. The minimum Gasteiger partial charge on any atom is -0.379 e. The van der Waals surface area contributed by atoms with E-state index in [1.807, 2.05) is 0 Å². The van der Waals surface area contributed by atoms with E-state index in [4.69, 9.17) is 17.3 Å². The van der Waals surface area contributed by atoms with Gasteiger partial charge in [0.1, 0.15) is 5.15 Å². The topological polar surface area (TPSA) is 71.8 Å². The van der Waals surface area contributed by atoms with E-state index in [2.05, 4.69) is 9.97 Å². The van der Waals surface area contributed by atoms with Gasteiger partial charge in [-0.3, -0.25) is 4.79 Å². The van der Waals surface area contributed by atoms with Crippen molar-refractivity contribution in [2.75, 3.05) is 5.73 Å². The van der Waals surface area contributed by atoms with E-state index < -0.39 is 5.56 Å². The summed E-state index contributed by atoms with van der Waals surface area (Å²) in [7, 11) is 0. The number of aromatic nitrogens is 2. The van der Waals surface area contributed by atoms with E-state index in [1.165, 1.54) is 6.20 Å². The maximum absolute atomic E-state index is 10.5. The molecule has 9 heavy (non-hydrogen) atoms. The zero-order valence-corrected chi connectivity index (χ0v) is 5.14. The molecule has 0 aliphatic heterocycles. The second-order valence-corrected chi connectivity index (χ2v) is 1.85. The Labute approximate surface area is 55.7 Å². The molecule has 1 rings (SSSR count). The molecule has 0 aliphatic carbocycles. The maximum atomic E-state index is 10.5. The Balaban J connectivity index is 3.34.